The van der Waals surface area contributed by atoms with Gasteiger partial charge in [0, 0.05) is 6.61 Å². The van der Waals surface area contributed by atoms with Gasteiger partial charge in [0.05, 0.1) is 11.6 Å². The van der Waals surface area contributed by atoms with Gasteiger partial charge in [-0.2, -0.15) is 0 Å². The highest BCUT2D eigenvalue weighted by Crippen LogP contribution is 2.28. The second-order valence-electron chi connectivity index (χ2n) is 3.93. The zero-order valence-corrected chi connectivity index (χ0v) is 8.81. The molecule has 1 aliphatic rings. The quantitative estimate of drug-likeness (QED) is 0.659. The van der Waals surface area contributed by atoms with Gasteiger partial charge in [-0.3, -0.25) is 0 Å². The van der Waals surface area contributed by atoms with Crippen LogP contribution in [-0.4, -0.2) is 24.8 Å². The van der Waals surface area contributed by atoms with Gasteiger partial charge in [0.15, 0.2) is 0 Å². The van der Waals surface area contributed by atoms with E-state index in [1.165, 1.54) is 6.42 Å². The normalized spacial score (nSPS) is 30.3. The molecule has 0 aromatic rings. The molecule has 0 radical (unpaired) electrons. The van der Waals surface area contributed by atoms with Crippen LogP contribution in [0.25, 0.3) is 0 Å². The summed E-state index contributed by atoms with van der Waals surface area (Å²) in [5, 5.41) is 3.46. The Morgan fingerprint density at radius 2 is 2.46 bits per heavy atom. The Labute approximate surface area is 81.4 Å². The Balaban J connectivity index is 2.48. The molecule has 0 saturated carbocycles. The van der Waals surface area contributed by atoms with Crippen LogP contribution < -0.4 is 5.32 Å². The zero-order valence-electron chi connectivity index (χ0n) is 8.81. The number of nitrogens with one attached hydrogen (secondary N) is 1. The van der Waals surface area contributed by atoms with Crippen LogP contribution in [0, 0.1) is 0 Å². The van der Waals surface area contributed by atoms with Crippen molar-refractivity contribution in [1.29, 1.82) is 0 Å². The van der Waals surface area contributed by atoms with Crippen LogP contribution >= 0.6 is 0 Å². The highest BCUT2D eigenvalue weighted by molar-refractivity contribution is 5.02. The number of ether oxygens (including phenoxy) is 1. The van der Waals surface area contributed by atoms with E-state index in [-0.39, 0.29) is 5.60 Å². The van der Waals surface area contributed by atoms with Gasteiger partial charge in [0.1, 0.15) is 0 Å². The molecule has 0 aromatic heterocycles. The Hall–Kier alpha value is -0.340. The first kappa shape index (κ1) is 10.7. The predicted octanol–water partition coefficient (Wildman–Crippen LogP) is 2.11. The van der Waals surface area contributed by atoms with Crippen molar-refractivity contribution in [3.05, 3.63) is 12.7 Å². The summed E-state index contributed by atoms with van der Waals surface area (Å²) >= 11 is 0. The second kappa shape index (κ2) is 4.77. The molecule has 0 bridgehead atoms. The monoisotopic (exact) mass is 183 g/mol. The summed E-state index contributed by atoms with van der Waals surface area (Å²) in [7, 11) is 0. The maximum Gasteiger partial charge on any atom is 0.0843 e. The van der Waals surface area contributed by atoms with E-state index < -0.39 is 0 Å². The van der Waals surface area contributed by atoms with Gasteiger partial charge in [-0.1, -0.05) is 13.0 Å². The molecule has 0 aromatic carbocycles. The molecule has 1 aliphatic heterocycles. The van der Waals surface area contributed by atoms with Crippen LogP contribution in [-0.2, 0) is 4.74 Å². The van der Waals surface area contributed by atoms with E-state index in [1.807, 2.05) is 6.08 Å². The fourth-order valence-electron chi connectivity index (χ4n) is 1.89. The summed E-state index contributed by atoms with van der Waals surface area (Å²) in [6.45, 7) is 10.1. The van der Waals surface area contributed by atoms with Crippen LogP contribution in [0.4, 0.5) is 0 Å². The Kier molecular flexibility index (Phi) is 3.94. The van der Waals surface area contributed by atoms with Crippen LogP contribution in [0.2, 0.25) is 0 Å². The average molecular weight is 183 g/mol. The van der Waals surface area contributed by atoms with Crippen molar-refractivity contribution in [1.82, 2.24) is 5.32 Å². The number of hydrogen-bond acceptors (Lipinski definition) is 2. The average Bonchev–Trinajstić information content (AvgIpc) is 2.54. The first-order valence-corrected chi connectivity index (χ1v) is 5.23. The topological polar surface area (TPSA) is 21.3 Å². The minimum Gasteiger partial charge on any atom is -0.373 e. The molecule has 0 spiro atoms. The molecule has 1 fully saturated rings. The van der Waals surface area contributed by atoms with Crippen LogP contribution in [0.1, 0.15) is 33.1 Å². The van der Waals surface area contributed by atoms with E-state index in [0.29, 0.717) is 6.04 Å². The van der Waals surface area contributed by atoms with Crippen molar-refractivity contribution in [2.75, 3.05) is 13.2 Å². The lowest BCUT2D eigenvalue weighted by Gasteiger charge is -2.31. The van der Waals surface area contributed by atoms with E-state index >= 15 is 0 Å². The molecule has 1 N–H and O–H groups in total. The van der Waals surface area contributed by atoms with Crippen molar-refractivity contribution in [3.8, 4) is 0 Å². The van der Waals surface area contributed by atoms with E-state index in [0.717, 1.165) is 26.0 Å². The van der Waals surface area contributed by atoms with E-state index in [1.54, 1.807) is 0 Å². The summed E-state index contributed by atoms with van der Waals surface area (Å²) in [6.07, 6.45) is 5.44. The zero-order chi connectivity index (χ0) is 9.73. The number of rotatable bonds is 5. The standard InChI is InChI=1S/C11H21NO/c1-4-8-12-10(5-2)11(3)7-6-9-13-11/h5,10,12H,2,4,6-9H2,1,3H3. The maximum atomic E-state index is 5.76. The van der Waals surface area contributed by atoms with Gasteiger partial charge in [0.25, 0.3) is 0 Å². The molecule has 1 heterocycles. The lowest BCUT2D eigenvalue weighted by Crippen LogP contribution is -2.47. The number of hydrogen-bond donors (Lipinski definition) is 1. The van der Waals surface area contributed by atoms with Gasteiger partial charge < -0.3 is 10.1 Å². The van der Waals surface area contributed by atoms with Crippen molar-refractivity contribution in [2.24, 2.45) is 0 Å². The summed E-state index contributed by atoms with van der Waals surface area (Å²) in [5.74, 6) is 0. The van der Waals surface area contributed by atoms with Crippen molar-refractivity contribution < 1.29 is 4.74 Å². The van der Waals surface area contributed by atoms with E-state index in [2.05, 4.69) is 25.7 Å². The first-order chi connectivity index (χ1) is 6.23. The van der Waals surface area contributed by atoms with E-state index in [9.17, 15) is 0 Å². The summed E-state index contributed by atoms with van der Waals surface area (Å²) in [4.78, 5) is 0. The summed E-state index contributed by atoms with van der Waals surface area (Å²) in [5.41, 5.74) is -0.0169. The Morgan fingerprint density at radius 3 is 2.92 bits per heavy atom. The molecular weight excluding hydrogens is 162 g/mol. The Bertz CT molecular complexity index is 161. The molecule has 2 atom stereocenters. The minimum atomic E-state index is -0.0169. The third-order valence-corrected chi connectivity index (χ3v) is 2.76. The van der Waals surface area contributed by atoms with Crippen LogP contribution in [0.5, 0.6) is 0 Å². The fraction of sp³-hybridized carbons (Fsp3) is 0.818. The largest absolute Gasteiger partial charge is 0.373 e. The van der Waals surface area contributed by atoms with Crippen molar-refractivity contribution in [2.45, 2.75) is 44.8 Å². The SMILES string of the molecule is C=CC(NCCC)C1(C)CCCO1. The van der Waals surface area contributed by atoms with Gasteiger partial charge in [-0.25, -0.2) is 0 Å². The predicted molar refractivity (Wildman–Crippen MR) is 55.9 cm³/mol. The third-order valence-electron chi connectivity index (χ3n) is 2.76. The third kappa shape index (κ3) is 2.55. The molecule has 1 rings (SSSR count). The highest BCUT2D eigenvalue weighted by Gasteiger charge is 2.36. The fourth-order valence-corrected chi connectivity index (χ4v) is 1.89. The maximum absolute atomic E-state index is 5.76. The summed E-state index contributed by atoms with van der Waals surface area (Å²) in [6, 6.07) is 0.301. The van der Waals surface area contributed by atoms with Crippen molar-refractivity contribution >= 4 is 0 Å². The molecule has 1 saturated heterocycles. The lowest BCUT2D eigenvalue weighted by atomic mass is 9.93. The molecule has 13 heavy (non-hydrogen) atoms. The van der Waals surface area contributed by atoms with Gasteiger partial charge in [-0.05, 0) is 32.7 Å². The van der Waals surface area contributed by atoms with Crippen LogP contribution in [0.15, 0.2) is 12.7 Å². The van der Waals surface area contributed by atoms with Crippen molar-refractivity contribution in [3.63, 3.8) is 0 Å². The Morgan fingerprint density at radius 1 is 1.69 bits per heavy atom. The molecule has 2 nitrogen and oxygen atoms in total. The molecule has 2 heteroatoms. The van der Waals surface area contributed by atoms with Gasteiger partial charge in [-0.15, -0.1) is 6.58 Å². The van der Waals surface area contributed by atoms with E-state index in [4.69, 9.17) is 4.74 Å². The summed E-state index contributed by atoms with van der Waals surface area (Å²) < 4.78 is 5.76. The van der Waals surface area contributed by atoms with Crippen LogP contribution in [0.3, 0.4) is 0 Å². The molecule has 0 aliphatic carbocycles. The lowest BCUT2D eigenvalue weighted by molar-refractivity contribution is 0.00140. The molecule has 0 amide bonds. The first-order valence-electron chi connectivity index (χ1n) is 5.23. The smallest absolute Gasteiger partial charge is 0.0843 e. The molecule has 76 valence electrons. The highest BCUT2D eigenvalue weighted by atomic mass is 16.5. The molecular formula is C11H21NO. The molecule has 2 unspecified atom stereocenters. The minimum absolute atomic E-state index is 0.0169. The van der Waals surface area contributed by atoms with Gasteiger partial charge in [0.2, 0.25) is 0 Å². The van der Waals surface area contributed by atoms with Gasteiger partial charge >= 0.3 is 0 Å². The second-order valence-corrected chi connectivity index (χ2v) is 3.93.